The fourth-order valence-corrected chi connectivity index (χ4v) is 2.10. The van der Waals surface area contributed by atoms with Crippen LogP contribution >= 0.6 is 0 Å². The Hall–Kier alpha value is -1.25. The number of primary sulfonamides is 1. The Kier molecular flexibility index (Phi) is 5.85. The van der Waals surface area contributed by atoms with Gasteiger partial charge in [-0.25, -0.2) is 22.3 Å². The summed E-state index contributed by atoms with van der Waals surface area (Å²) in [4.78, 5) is -0.723. The van der Waals surface area contributed by atoms with Gasteiger partial charge < -0.3 is 9.47 Å². The monoisotopic (exact) mass is 309 g/mol. The van der Waals surface area contributed by atoms with E-state index in [1.807, 2.05) is 13.8 Å². The number of sulfonamides is 1. The van der Waals surface area contributed by atoms with Gasteiger partial charge in [0.05, 0.1) is 6.61 Å². The fourth-order valence-electron chi connectivity index (χ4n) is 1.41. The van der Waals surface area contributed by atoms with Crippen molar-refractivity contribution in [1.29, 1.82) is 0 Å². The normalized spacial score (nSPS) is 11.9. The number of benzene rings is 1. The summed E-state index contributed by atoms with van der Waals surface area (Å²) < 4.78 is 59.3. The van der Waals surface area contributed by atoms with Crippen LogP contribution in [0.4, 0.5) is 8.78 Å². The lowest BCUT2D eigenvalue weighted by molar-refractivity contribution is 0.0798. The zero-order chi connectivity index (χ0) is 15.3. The van der Waals surface area contributed by atoms with E-state index in [1.54, 1.807) is 0 Å². The van der Waals surface area contributed by atoms with Crippen molar-refractivity contribution in [3.63, 3.8) is 0 Å². The first-order valence-electron chi connectivity index (χ1n) is 5.94. The highest BCUT2D eigenvalue weighted by atomic mass is 32.2. The SMILES string of the molecule is CC(C)COCCOc1c(F)cc(F)cc1S(N)(=O)=O. The molecule has 1 aromatic carbocycles. The summed E-state index contributed by atoms with van der Waals surface area (Å²) in [6.07, 6.45) is 0. The van der Waals surface area contributed by atoms with Gasteiger partial charge in [-0.2, -0.15) is 0 Å². The molecule has 0 amide bonds. The van der Waals surface area contributed by atoms with Crippen LogP contribution in [-0.2, 0) is 14.8 Å². The van der Waals surface area contributed by atoms with Crippen LogP contribution in [0.15, 0.2) is 17.0 Å². The molecule has 8 heteroatoms. The molecule has 0 unspecified atom stereocenters. The highest BCUT2D eigenvalue weighted by Crippen LogP contribution is 2.27. The summed E-state index contributed by atoms with van der Waals surface area (Å²) in [6.45, 7) is 4.49. The third-order valence-electron chi connectivity index (χ3n) is 2.21. The van der Waals surface area contributed by atoms with Gasteiger partial charge in [0.1, 0.15) is 17.3 Å². The molecule has 0 bridgehead atoms. The molecule has 0 heterocycles. The van der Waals surface area contributed by atoms with Crippen molar-refractivity contribution < 1.29 is 26.7 Å². The average Bonchev–Trinajstić information content (AvgIpc) is 2.28. The molecule has 0 radical (unpaired) electrons. The van der Waals surface area contributed by atoms with Crippen LogP contribution in [0.25, 0.3) is 0 Å². The minimum Gasteiger partial charge on any atom is -0.487 e. The molecule has 1 aromatic rings. The molecule has 20 heavy (non-hydrogen) atoms. The van der Waals surface area contributed by atoms with Gasteiger partial charge in [0.2, 0.25) is 10.0 Å². The number of ether oxygens (including phenoxy) is 2. The predicted octanol–water partition coefficient (Wildman–Crippen LogP) is 1.66. The third-order valence-corrected chi connectivity index (χ3v) is 3.12. The molecule has 114 valence electrons. The van der Waals surface area contributed by atoms with E-state index in [0.29, 0.717) is 24.7 Å². The summed E-state index contributed by atoms with van der Waals surface area (Å²) in [6, 6.07) is 1.14. The molecule has 0 atom stereocenters. The first-order chi connectivity index (χ1) is 9.21. The van der Waals surface area contributed by atoms with Crippen molar-refractivity contribution in [3.8, 4) is 5.75 Å². The molecule has 0 aliphatic carbocycles. The summed E-state index contributed by atoms with van der Waals surface area (Å²) in [5.74, 6) is -2.44. The average molecular weight is 309 g/mol. The lowest BCUT2D eigenvalue weighted by Gasteiger charge is -2.12. The second-order valence-corrected chi connectivity index (χ2v) is 6.11. The van der Waals surface area contributed by atoms with Crippen LogP contribution in [0, 0.1) is 17.6 Å². The van der Waals surface area contributed by atoms with Gasteiger partial charge in [-0.3, -0.25) is 0 Å². The Morgan fingerprint density at radius 3 is 2.45 bits per heavy atom. The van der Waals surface area contributed by atoms with Crippen molar-refractivity contribution >= 4 is 10.0 Å². The maximum Gasteiger partial charge on any atom is 0.241 e. The van der Waals surface area contributed by atoms with Crippen LogP contribution in [0.5, 0.6) is 5.75 Å². The molecular weight excluding hydrogens is 292 g/mol. The van der Waals surface area contributed by atoms with Gasteiger partial charge in [-0.1, -0.05) is 13.8 Å². The van der Waals surface area contributed by atoms with Crippen LogP contribution in [0.1, 0.15) is 13.8 Å². The number of halogens is 2. The summed E-state index contributed by atoms with van der Waals surface area (Å²) >= 11 is 0. The quantitative estimate of drug-likeness (QED) is 0.777. The zero-order valence-corrected chi connectivity index (χ0v) is 12.0. The van der Waals surface area contributed by atoms with E-state index in [-0.39, 0.29) is 13.2 Å². The first kappa shape index (κ1) is 16.8. The molecule has 0 aliphatic rings. The minimum atomic E-state index is -4.28. The Bertz CT molecular complexity index is 561. The van der Waals surface area contributed by atoms with E-state index in [9.17, 15) is 17.2 Å². The Morgan fingerprint density at radius 2 is 1.90 bits per heavy atom. The van der Waals surface area contributed by atoms with Gasteiger partial charge >= 0.3 is 0 Å². The first-order valence-corrected chi connectivity index (χ1v) is 7.49. The summed E-state index contributed by atoms with van der Waals surface area (Å²) in [5, 5.41) is 4.89. The van der Waals surface area contributed by atoms with Crippen molar-refractivity contribution in [2.75, 3.05) is 19.8 Å². The van der Waals surface area contributed by atoms with Crippen LogP contribution in [0.3, 0.4) is 0 Å². The third kappa shape index (κ3) is 5.03. The Morgan fingerprint density at radius 1 is 1.25 bits per heavy atom. The topological polar surface area (TPSA) is 78.6 Å². The second-order valence-electron chi connectivity index (χ2n) is 4.58. The lowest BCUT2D eigenvalue weighted by atomic mass is 10.2. The number of rotatable bonds is 7. The molecule has 0 fully saturated rings. The minimum absolute atomic E-state index is 0.0716. The predicted molar refractivity (Wildman–Crippen MR) is 68.9 cm³/mol. The van der Waals surface area contributed by atoms with Crippen molar-refractivity contribution in [3.05, 3.63) is 23.8 Å². The molecule has 2 N–H and O–H groups in total. The lowest BCUT2D eigenvalue weighted by Crippen LogP contribution is -2.17. The number of hydrogen-bond acceptors (Lipinski definition) is 4. The molecule has 0 saturated heterocycles. The molecular formula is C12H17F2NO4S. The zero-order valence-electron chi connectivity index (χ0n) is 11.2. The molecule has 1 rings (SSSR count). The molecule has 0 spiro atoms. The van der Waals surface area contributed by atoms with E-state index in [1.165, 1.54) is 0 Å². The van der Waals surface area contributed by atoms with Crippen LogP contribution in [0.2, 0.25) is 0 Å². The fraction of sp³-hybridized carbons (Fsp3) is 0.500. The van der Waals surface area contributed by atoms with E-state index < -0.39 is 32.3 Å². The van der Waals surface area contributed by atoms with Gasteiger partial charge in [-0.15, -0.1) is 0 Å². The van der Waals surface area contributed by atoms with E-state index in [0.717, 1.165) is 0 Å². The highest BCUT2D eigenvalue weighted by molar-refractivity contribution is 7.89. The smallest absolute Gasteiger partial charge is 0.241 e. The summed E-state index contributed by atoms with van der Waals surface area (Å²) in [5.41, 5.74) is 0. The van der Waals surface area contributed by atoms with Gasteiger partial charge in [-0.05, 0) is 12.0 Å². The number of hydrogen-bond donors (Lipinski definition) is 1. The maximum atomic E-state index is 13.6. The van der Waals surface area contributed by atoms with Gasteiger partial charge in [0.15, 0.2) is 11.6 Å². The Balaban J connectivity index is 2.79. The van der Waals surface area contributed by atoms with E-state index in [4.69, 9.17) is 14.6 Å². The molecule has 0 aliphatic heterocycles. The van der Waals surface area contributed by atoms with E-state index in [2.05, 4.69) is 0 Å². The van der Waals surface area contributed by atoms with Crippen LogP contribution in [-0.4, -0.2) is 28.2 Å². The van der Waals surface area contributed by atoms with Gasteiger partial charge in [0, 0.05) is 12.7 Å². The molecule has 0 saturated carbocycles. The molecule has 0 aromatic heterocycles. The van der Waals surface area contributed by atoms with E-state index >= 15 is 0 Å². The van der Waals surface area contributed by atoms with Crippen molar-refractivity contribution in [2.24, 2.45) is 11.1 Å². The van der Waals surface area contributed by atoms with Crippen molar-refractivity contribution in [1.82, 2.24) is 0 Å². The van der Waals surface area contributed by atoms with Crippen molar-refractivity contribution in [2.45, 2.75) is 18.7 Å². The number of nitrogens with two attached hydrogens (primary N) is 1. The maximum absolute atomic E-state index is 13.6. The molecule has 5 nitrogen and oxygen atoms in total. The van der Waals surface area contributed by atoms with Gasteiger partial charge in [0.25, 0.3) is 0 Å². The van der Waals surface area contributed by atoms with Crippen LogP contribution < -0.4 is 9.88 Å². The highest BCUT2D eigenvalue weighted by Gasteiger charge is 2.21. The second kappa shape index (κ2) is 6.96. The standard InChI is InChI=1S/C12H17F2NO4S/c1-8(2)7-18-3-4-19-12-10(14)5-9(13)6-11(12)20(15,16)17/h5-6,8H,3-4,7H2,1-2H3,(H2,15,16,17). The Labute approximate surface area is 116 Å². The largest absolute Gasteiger partial charge is 0.487 e. The summed E-state index contributed by atoms with van der Waals surface area (Å²) in [7, 11) is -4.28.